The monoisotopic (exact) mass is 434 g/mol. The van der Waals surface area contributed by atoms with E-state index in [0.29, 0.717) is 30.6 Å². The van der Waals surface area contributed by atoms with Crippen LogP contribution in [0, 0.1) is 34.5 Å². The first-order valence-electron chi connectivity index (χ1n) is 12.8. The smallest absolute Gasteiger partial charge is 0.0677 e. The maximum Gasteiger partial charge on any atom is 0.0677 e. The van der Waals surface area contributed by atoms with Crippen LogP contribution in [0.4, 0.5) is 0 Å². The molecular weight excluding hydrogens is 388 g/mol. The molecule has 0 aromatic carbocycles. The van der Waals surface area contributed by atoms with Crippen LogP contribution in [0.5, 0.6) is 0 Å². The van der Waals surface area contributed by atoms with Gasteiger partial charge in [0.1, 0.15) is 0 Å². The largest absolute Gasteiger partial charge is 0.393 e. The molecule has 0 aliphatic heterocycles. The second kappa shape index (κ2) is 7.82. The molecule has 4 nitrogen and oxygen atoms in total. The fraction of sp³-hybridized carbons (Fsp3) is 0.926. The molecular formula is C27H46O4. The Labute approximate surface area is 189 Å². The molecule has 4 rings (SSSR count). The fourth-order valence-electron chi connectivity index (χ4n) is 8.81. The Morgan fingerprint density at radius 3 is 2.39 bits per heavy atom. The number of hydrogen-bond donors (Lipinski definition) is 4. The first kappa shape index (κ1) is 23.7. The number of hydrogen-bond acceptors (Lipinski definition) is 4. The third kappa shape index (κ3) is 4.05. The van der Waals surface area contributed by atoms with Gasteiger partial charge in [-0.15, -0.1) is 0 Å². The van der Waals surface area contributed by atoms with Gasteiger partial charge in [0.05, 0.1) is 23.4 Å². The van der Waals surface area contributed by atoms with E-state index < -0.39 is 17.3 Å². The zero-order valence-electron chi connectivity index (χ0n) is 20.4. The SMILES string of the molecule is CC(C)(O)CCC[C@](C)(O)[C@@H]1[C@@H](O)C[C@H]2[C@@H]3CC=C4C[C@@H](O)CC[C@]4(C)[C@H]3CC[C@]12C. The molecule has 4 N–H and O–H groups in total. The minimum Gasteiger partial charge on any atom is -0.393 e. The van der Waals surface area contributed by atoms with Crippen LogP contribution in [-0.2, 0) is 0 Å². The molecule has 31 heavy (non-hydrogen) atoms. The molecule has 4 aliphatic rings. The summed E-state index contributed by atoms with van der Waals surface area (Å²) in [5.41, 5.74) is -0.0134. The van der Waals surface area contributed by atoms with E-state index in [9.17, 15) is 20.4 Å². The van der Waals surface area contributed by atoms with Crippen LogP contribution in [0.15, 0.2) is 11.6 Å². The predicted octanol–water partition coefficient (Wildman–Crippen LogP) is 4.59. The van der Waals surface area contributed by atoms with Crippen LogP contribution >= 0.6 is 0 Å². The van der Waals surface area contributed by atoms with Crippen molar-refractivity contribution in [1.82, 2.24) is 0 Å². The van der Waals surface area contributed by atoms with Crippen LogP contribution in [0.1, 0.15) is 98.8 Å². The molecule has 0 radical (unpaired) electrons. The van der Waals surface area contributed by atoms with Crippen LogP contribution in [0.25, 0.3) is 0 Å². The summed E-state index contributed by atoms with van der Waals surface area (Å²) in [5.74, 6) is 1.52. The van der Waals surface area contributed by atoms with Gasteiger partial charge in [0, 0.05) is 5.92 Å². The quantitative estimate of drug-likeness (QED) is 0.477. The average molecular weight is 435 g/mol. The van der Waals surface area contributed by atoms with E-state index in [1.807, 2.05) is 20.8 Å². The van der Waals surface area contributed by atoms with Crippen molar-refractivity contribution in [2.45, 2.75) is 122 Å². The summed E-state index contributed by atoms with van der Waals surface area (Å²) in [4.78, 5) is 0. The van der Waals surface area contributed by atoms with E-state index in [4.69, 9.17) is 0 Å². The van der Waals surface area contributed by atoms with E-state index in [2.05, 4.69) is 19.9 Å². The van der Waals surface area contributed by atoms with Crippen LogP contribution in [-0.4, -0.2) is 43.8 Å². The highest BCUT2D eigenvalue weighted by molar-refractivity contribution is 5.26. The maximum absolute atomic E-state index is 11.6. The van der Waals surface area contributed by atoms with Crippen LogP contribution < -0.4 is 0 Å². The summed E-state index contributed by atoms with van der Waals surface area (Å²) in [6.07, 6.45) is 10.7. The highest BCUT2D eigenvalue weighted by Gasteiger charge is 2.64. The van der Waals surface area contributed by atoms with Gasteiger partial charge in [0.15, 0.2) is 0 Å². The summed E-state index contributed by atoms with van der Waals surface area (Å²) in [7, 11) is 0. The Bertz CT molecular complexity index is 707. The zero-order chi connectivity index (χ0) is 22.8. The molecule has 4 aliphatic carbocycles. The normalized spacial score (nSPS) is 47.1. The van der Waals surface area contributed by atoms with Crippen molar-refractivity contribution in [3.8, 4) is 0 Å². The summed E-state index contributed by atoms with van der Waals surface area (Å²) in [6, 6.07) is 0. The molecule has 9 atom stereocenters. The molecule has 178 valence electrons. The summed E-state index contributed by atoms with van der Waals surface area (Å²) in [5, 5.41) is 43.1. The van der Waals surface area contributed by atoms with E-state index in [-0.39, 0.29) is 22.9 Å². The van der Waals surface area contributed by atoms with E-state index in [1.54, 1.807) is 0 Å². The lowest BCUT2D eigenvalue weighted by atomic mass is 9.46. The van der Waals surface area contributed by atoms with Gasteiger partial charge in [0.25, 0.3) is 0 Å². The molecule has 0 aromatic heterocycles. The van der Waals surface area contributed by atoms with Gasteiger partial charge in [-0.3, -0.25) is 0 Å². The van der Waals surface area contributed by atoms with Crippen LogP contribution in [0.2, 0.25) is 0 Å². The van der Waals surface area contributed by atoms with Gasteiger partial charge < -0.3 is 20.4 Å². The second-order valence-electron chi connectivity index (χ2n) is 13.0. The first-order chi connectivity index (χ1) is 14.3. The lowest BCUT2D eigenvalue weighted by molar-refractivity contribution is -0.124. The average Bonchev–Trinajstić information content (AvgIpc) is 2.92. The molecule has 0 bridgehead atoms. The summed E-state index contributed by atoms with van der Waals surface area (Å²) in [6.45, 7) is 10.3. The third-order valence-corrected chi connectivity index (χ3v) is 10.2. The third-order valence-electron chi connectivity index (χ3n) is 10.2. The van der Waals surface area contributed by atoms with E-state index in [0.717, 1.165) is 51.4 Å². The van der Waals surface area contributed by atoms with Crippen molar-refractivity contribution in [3.05, 3.63) is 11.6 Å². The number of aliphatic hydroxyl groups is 4. The zero-order valence-corrected chi connectivity index (χ0v) is 20.4. The fourth-order valence-corrected chi connectivity index (χ4v) is 8.81. The summed E-state index contributed by atoms with van der Waals surface area (Å²) < 4.78 is 0. The Hall–Kier alpha value is -0.420. The lowest BCUT2D eigenvalue weighted by Crippen LogP contribution is -2.54. The number of rotatable bonds is 5. The Kier molecular flexibility index (Phi) is 5.99. The van der Waals surface area contributed by atoms with Crippen molar-refractivity contribution < 1.29 is 20.4 Å². The molecule has 0 spiro atoms. The van der Waals surface area contributed by atoms with Gasteiger partial charge >= 0.3 is 0 Å². The summed E-state index contributed by atoms with van der Waals surface area (Å²) >= 11 is 0. The molecule has 0 heterocycles. The number of aliphatic hydroxyl groups excluding tert-OH is 2. The minimum atomic E-state index is -0.921. The predicted molar refractivity (Wildman–Crippen MR) is 123 cm³/mol. The molecule has 0 saturated heterocycles. The van der Waals surface area contributed by atoms with Gasteiger partial charge in [-0.05, 0) is 114 Å². The molecule has 0 aromatic rings. The number of allylic oxidation sites excluding steroid dienone is 1. The van der Waals surface area contributed by atoms with Crippen molar-refractivity contribution in [2.75, 3.05) is 0 Å². The van der Waals surface area contributed by atoms with Gasteiger partial charge in [-0.1, -0.05) is 25.5 Å². The van der Waals surface area contributed by atoms with Crippen molar-refractivity contribution in [2.24, 2.45) is 34.5 Å². The van der Waals surface area contributed by atoms with Crippen molar-refractivity contribution >= 4 is 0 Å². The molecule has 3 saturated carbocycles. The van der Waals surface area contributed by atoms with Gasteiger partial charge in [-0.25, -0.2) is 0 Å². The Balaban J connectivity index is 1.56. The standard InChI is InChI=1S/C27H46O4/c1-24(2,30)11-6-12-27(5,31)23-22(29)16-21-19-8-7-17-15-18(28)9-13-25(17,3)20(19)10-14-26(21,23)4/h7,18-23,28-31H,6,8-16H2,1-5H3/t18-,19+,20-,21-,22-,23+,25-,26-,27-/m0/s1. The molecule has 3 fully saturated rings. The molecule has 0 amide bonds. The molecule has 4 heteroatoms. The second-order valence-corrected chi connectivity index (χ2v) is 13.0. The van der Waals surface area contributed by atoms with Crippen molar-refractivity contribution in [3.63, 3.8) is 0 Å². The van der Waals surface area contributed by atoms with E-state index >= 15 is 0 Å². The highest BCUT2D eigenvalue weighted by Crippen LogP contribution is 2.67. The van der Waals surface area contributed by atoms with Crippen LogP contribution in [0.3, 0.4) is 0 Å². The number of fused-ring (bicyclic) bond motifs is 5. The van der Waals surface area contributed by atoms with E-state index in [1.165, 1.54) is 5.57 Å². The van der Waals surface area contributed by atoms with Gasteiger partial charge in [0.2, 0.25) is 0 Å². The molecule has 0 unspecified atom stereocenters. The lowest BCUT2D eigenvalue weighted by Gasteiger charge is -2.58. The topological polar surface area (TPSA) is 80.9 Å². The maximum atomic E-state index is 11.6. The Morgan fingerprint density at radius 2 is 1.71 bits per heavy atom. The highest BCUT2D eigenvalue weighted by atomic mass is 16.3. The minimum absolute atomic E-state index is 0.0469. The first-order valence-corrected chi connectivity index (χ1v) is 12.8. The Morgan fingerprint density at radius 1 is 1.00 bits per heavy atom. The van der Waals surface area contributed by atoms with Crippen molar-refractivity contribution in [1.29, 1.82) is 0 Å². The van der Waals surface area contributed by atoms with Gasteiger partial charge in [-0.2, -0.15) is 0 Å².